The number of methoxy groups -OCH3 is 1. The minimum Gasteiger partial charge on any atom is -0.378 e. The first kappa shape index (κ1) is 14.2. The number of hydrogen-bond donors (Lipinski definition) is 0. The van der Waals surface area contributed by atoms with Crippen molar-refractivity contribution in [2.45, 2.75) is 59.0 Å². The molecule has 0 atom stereocenters. The molecule has 0 spiro atoms. The third-order valence-corrected chi connectivity index (χ3v) is 3.10. The Bertz CT molecular complexity index is 323. The van der Waals surface area contributed by atoms with Gasteiger partial charge in [-0.25, -0.2) is 0 Å². The van der Waals surface area contributed by atoms with Crippen LogP contribution in [0.4, 0.5) is 0 Å². The van der Waals surface area contributed by atoms with E-state index in [1.807, 2.05) is 6.20 Å². The molecular formula is C15H25NO. The molecule has 0 aliphatic rings. The second-order valence-electron chi connectivity index (χ2n) is 4.54. The van der Waals surface area contributed by atoms with Gasteiger partial charge in [-0.2, -0.15) is 0 Å². The molecule has 0 N–H and O–H groups in total. The van der Waals surface area contributed by atoms with Gasteiger partial charge in [0.25, 0.3) is 0 Å². The van der Waals surface area contributed by atoms with Crippen molar-refractivity contribution in [2.75, 3.05) is 7.11 Å². The van der Waals surface area contributed by atoms with Gasteiger partial charge in [0.15, 0.2) is 0 Å². The zero-order valence-corrected chi connectivity index (χ0v) is 11.5. The second kappa shape index (κ2) is 8.24. The number of aromatic nitrogens is 1. The quantitative estimate of drug-likeness (QED) is 0.681. The molecule has 0 amide bonds. The van der Waals surface area contributed by atoms with Crippen molar-refractivity contribution in [3.8, 4) is 0 Å². The zero-order chi connectivity index (χ0) is 12.5. The van der Waals surface area contributed by atoms with Crippen LogP contribution in [0.5, 0.6) is 0 Å². The van der Waals surface area contributed by atoms with Crippen molar-refractivity contribution in [3.05, 3.63) is 29.1 Å². The van der Waals surface area contributed by atoms with Gasteiger partial charge in [0.2, 0.25) is 0 Å². The van der Waals surface area contributed by atoms with Crippen LogP contribution in [0.2, 0.25) is 0 Å². The third-order valence-electron chi connectivity index (χ3n) is 3.10. The van der Waals surface area contributed by atoms with Gasteiger partial charge in [-0.3, -0.25) is 4.98 Å². The van der Waals surface area contributed by atoms with Gasteiger partial charge in [0.05, 0.1) is 12.3 Å². The van der Waals surface area contributed by atoms with E-state index in [4.69, 9.17) is 4.74 Å². The first-order valence-electron chi connectivity index (χ1n) is 6.78. The Hall–Kier alpha value is -0.890. The van der Waals surface area contributed by atoms with E-state index < -0.39 is 0 Å². The average molecular weight is 235 g/mol. The molecule has 0 aromatic carbocycles. The molecule has 0 aliphatic carbocycles. The summed E-state index contributed by atoms with van der Waals surface area (Å²) < 4.78 is 5.25. The SMILES string of the molecule is CCCCc1ccnc(COC)c1CCCC. The molecule has 1 heterocycles. The largest absolute Gasteiger partial charge is 0.378 e. The van der Waals surface area contributed by atoms with Crippen LogP contribution in [0.25, 0.3) is 0 Å². The molecule has 0 saturated heterocycles. The molecule has 2 nitrogen and oxygen atoms in total. The molecule has 1 aromatic heterocycles. The van der Waals surface area contributed by atoms with E-state index >= 15 is 0 Å². The fraction of sp³-hybridized carbons (Fsp3) is 0.667. The van der Waals surface area contributed by atoms with Crippen LogP contribution < -0.4 is 0 Å². The zero-order valence-electron chi connectivity index (χ0n) is 11.5. The van der Waals surface area contributed by atoms with Gasteiger partial charge in [0.1, 0.15) is 0 Å². The Morgan fingerprint density at radius 2 is 1.82 bits per heavy atom. The van der Waals surface area contributed by atoms with E-state index in [1.165, 1.54) is 43.2 Å². The van der Waals surface area contributed by atoms with Crippen molar-refractivity contribution in [2.24, 2.45) is 0 Å². The van der Waals surface area contributed by atoms with Crippen LogP contribution in [-0.4, -0.2) is 12.1 Å². The Labute approximate surface area is 105 Å². The summed E-state index contributed by atoms with van der Waals surface area (Å²) in [7, 11) is 1.74. The summed E-state index contributed by atoms with van der Waals surface area (Å²) in [5.74, 6) is 0. The van der Waals surface area contributed by atoms with Crippen LogP contribution in [0.1, 0.15) is 56.4 Å². The summed E-state index contributed by atoms with van der Waals surface area (Å²) in [4.78, 5) is 4.47. The number of hydrogen-bond acceptors (Lipinski definition) is 2. The number of unbranched alkanes of at least 4 members (excludes halogenated alkanes) is 2. The lowest BCUT2D eigenvalue weighted by atomic mass is 9.97. The van der Waals surface area contributed by atoms with Crippen molar-refractivity contribution >= 4 is 0 Å². The Morgan fingerprint density at radius 1 is 1.12 bits per heavy atom. The topological polar surface area (TPSA) is 22.1 Å². The first-order valence-corrected chi connectivity index (χ1v) is 6.78. The fourth-order valence-electron chi connectivity index (χ4n) is 2.10. The number of pyridine rings is 1. The molecule has 0 unspecified atom stereocenters. The summed E-state index contributed by atoms with van der Waals surface area (Å²) in [6.07, 6.45) is 9.21. The summed E-state index contributed by atoms with van der Waals surface area (Å²) in [6.45, 7) is 5.11. The van der Waals surface area contributed by atoms with Crippen LogP contribution in [0, 0.1) is 0 Å². The lowest BCUT2D eigenvalue weighted by molar-refractivity contribution is 0.180. The standard InChI is InChI=1S/C15H25NO/c1-4-6-8-13-10-11-16-15(12-17-3)14(13)9-7-5-2/h10-11H,4-9,12H2,1-3H3. The van der Waals surface area contributed by atoms with E-state index in [9.17, 15) is 0 Å². The molecule has 1 aromatic rings. The maximum absolute atomic E-state index is 5.25. The van der Waals surface area contributed by atoms with E-state index in [-0.39, 0.29) is 0 Å². The molecule has 2 heteroatoms. The lowest BCUT2D eigenvalue weighted by Gasteiger charge is -2.13. The number of aryl methyl sites for hydroxylation is 1. The number of rotatable bonds is 8. The first-order chi connectivity index (χ1) is 8.33. The summed E-state index contributed by atoms with van der Waals surface area (Å²) in [5.41, 5.74) is 4.04. The fourth-order valence-corrected chi connectivity index (χ4v) is 2.10. The van der Waals surface area contributed by atoms with Crippen molar-refractivity contribution < 1.29 is 4.74 Å². The molecule has 96 valence electrons. The highest BCUT2D eigenvalue weighted by Crippen LogP contribution is 2.18. The summed E-state index contributed by atoms with van der Waals surface area (Å²) in [6, 6.07) is 2.18. The van der Waals surface area contributed by atoms with Gasteiger partial charge in [-0.1, -0.05) is 26.7 Å². The highest BCUT2D eigenvalue weighted by atomic mass is 16.5. The highest BCUT2D eigenvalue weighted by molar-refractivity contribution is 5.30. The van der Waals surface area contributed by atoms with Crippen LogP contribution in [0.15, 0.2) is 12.3 Å². The van der Waals surface area contributed by atoms with Gasteiger partial charge in [-0.15, -0.1) is 0 Å². The van der Waals surface area contributed by atoms with Crippen LogP contribution in [0.3, 0.4) is 0 Å². The van der Waals surface area contributed by atoms with E-state index in [2.05, 4.69) is 24.9 Å². The van der Waals surface area contributed by atoms with Crippen molar-refractivity contribution in [3.63, 3.8) is 0 Å². The van der Waals surface area contributed by atoms with Gasteiger partial charge >= 0.3 is 0 Å². The van der Waals surface area contributed by atoms with Crippen LogP contribution in [-0.2, 0) is 24.2 Å². The minimum absolute atomic E-state index is 0.638. The van der Waals surface area contributed by atoms with Gasteiger partial charge < -0.3 is 4.74 Å². The van der Waals surface area contributed by atoms with E-state index in [0.29, 0.717) is 6.61 Å². The van der Waals surface area contributed by atoms with Crippen molar-refractivity contribution in [1.29, 1.82) is 0 Å². The van der Waals surface area contributed by atoms with Gasteiger partial charge in [0, 0.05) is 13.3 Å². The Kier molecular flexibility index (Phi) is 6.87. The smallest absolute Gasteiger partial charge is 0.0886 e. The molecule has 0 bridgehead atoms. The molecular weight excluding hydrogens is 210 g/mol. The molecule has 0 fully saturated rings. The second-order valence-corrected chi connectivity index (χ2v) is 4.54. The molecule has 0 saturated carbocycles. The summed E-state index contributed by atoms with van der Waals surface area (Å²) in [5, 5.41) is 0. The molecule has 0 radical (unpaired) electrons. The van der Waals surface area contributed by atoms with Crippen LogP contribution >= 0.6 is 0 Å². The summed E-state index contributed by atoms with van der Waals surface area (Å²) >= 11 is 0. The monoisotopic (exact) mass is 235 g/mol. The Morgan fingerprint density at radius 3 is 2.47 bits per heavy atom. The van der Waals surface area contributed by atoms with E-state index in [0.717, 1.165) is 12.1 Å². The van der Waals surface area contributed by atoms with Gasteiger partial charge in [-0.05, 0) is 42.9 Å². The molecule has 0 aliphatic heterocycles. The van der Waals surface area contributed by atoms with Crippen molar-refractivity contribution in [1.82, 2.24) is 4.98 Å². The molecule has 1 rings (SSSR count). The number of nitrogens with zero attached hydrogens (tertiary/aromatic N) is 1. The highest BCUT2D eigenvalue weighted by Gasteiger charge is 2.08. The maximum Gasteiger partial charge on any atom is 0.0886 e. The van der Waals surface area contributed by atoms with E-state index in [1.54, 1.807) is 7.11 Å². The normalized spacial score (nSPS) is 10.8. The predicted octanol–water partition coefficient (Wildman–Crippen LogP) is 3.91. The minimum atomic E-state index is 0.638. The third kappa shape index (κ3) is 4.47. The lowest BCUT2D eigenvalue weighted by Crippen LogP contribution is -2.04. The Balaban J connectivity index is 2.87. The average Bonchev–Trinajstić information content (AvgIpc) is 2.35. The molecule has 17 heavy (non-hydrogen) atoms. The predicted molar refractivity (Wildman–Crippen MR) is 72.2 cm³/mol. The maximum atomic E-state index is 5.25. The number of ether oxygens (including phenoxy) is 1.